The van der Waals surface area contributed by atoms with Crippen molar-refractivity contribution in [2.75, 3.05) is 6.54 Å². The smallest absolute Gasteiger partial charge is 0.0860 e. The largest absolute Gasteiger partial charge is 0.390 e. The van der Waals surface area contributed by atoms with Gasteiger partial charge >= 0.3 is 0 Å². The predicted octanol–water partition coefficient (Wildman–Crippen LogP) is 1.80. The summed E-state index contributed by atoms with van der Waals surface area (Å²) < 4.78 is 1.81. The molecule has 1 aromatic heterocycles. The summed E-state index contributed by atoms with van der Waals surface area (Å²) in [6, 6.07) is 1.90. The Morgan fingerprint density at radius 2 is 1.85 bits per heavy atom. The summed E-state index contributed by atoms with van der Waals surface area (Å²) in [5.41, 5.74) is 0.347. The van der Waals surface area contributed by atoms with E-state index in [2.05, 4.69) is 10.4 Å². The monoisotopic (exact) mass is 275 g/mol. The van der Waals surface area contributed by atoms with Crippen molar-refractivity contribution in [2.45, 2.75) is 56.7 Å². The summed E-state index contributed by atoms with van der Waals surface area (Å²) in [7, 11) is 0. The van der Waals surface area contributed by atoms with Crippen molar-refractivity contribution in [3.8, 4) is 0 Å². The SMILES string of the molecule is OC(CNC12CC3CC(CC(C3)C1)C2)Cn1cccn1. The van der Waals surface area contributed by atoms with Crippen molar-refractivity contribution in [1.29, 1.82) is 0 Å². The lowest BCUT2D eigenvalue weighted by Crippen LogP contribution is -2.59. The molecule has 4 bridgehead atoms. The molecule has 20 heavy (non-hydrogen) atoms. The number of hydrogen-bond donors (Lipinski definition) is 2. The Balaban J connectivity index is 1.35. The lowest BCUT2D eigenvalue weighted by molar-refractivity contribution is -0.0255. The molecule has 4 nitrogen and oxygen atoms in total. The first-order chi connectivity index (χ1) is 9.71. The van der Waals surface area contributed by atoms with E-state index in [9.17, 15) is 5.11 Å². The van der Waals surface area contributed by atoms with Gasteiger partial charge in [0.15, 0.2) is 0 Å². The average Bonchev–Trinajstić information content (AvgIpc) is 2.88. The molecular formula is C16H25N3O. The molecule has 0 saturated heterocycles. The molecule has 4 fully saturated rings. The maximum atomic E-state index is 10.2. The summed E-state index contributed by atoms with van der Waals surface area (Å²) in [4.78, 5) is 0. The highest BCUT2D eigenvalue weighted by atomic mass is 16.3. The minimum atomic E-state index is -0.345. The Kier molecular flexibility index (Phi) is 3.11. The number of aliphatic hydroxyl groups is 1. The molecule has 4 aliphatic rings. The van der Waals surface area contributed by atoms with Crippen LogP contribution >= 0.6 is 0 Å². The maximum absolute atomic E-state index is 10.2. The number of aromatic nitrogens is 2. The first-order valence-electron chi connectivity index (χ1n) is 8.11. The number of aliphatic hydroxyl groups excluding tert-OH is 1. The molecule has 5 rings (SSSR count). The van der Waals surface area contributed by atoms with E-state index >= 15 is 0 Å². The molecule has 0 spiro atoms. The molecule has 4 saturated carbocycles. The van der Waals surface area contributed by atoms with Gasteiger partial charge in [0, 0.05) is 24.5 Å². The minimum Gasteiger partial charge on any atom is -0.390 e. The second kappa shape index (κ2) is 4.85. The lowest BCUT2D eigenvalue weighted by atomic mass is 9.53. The van der Waals surface area contributed by atoms with Gasteiger partial charge in [-0.3, -0.25) is 4.68 Å². The molecule has 2 N–H and O–H groups in total. The van der Waals surface area contributed by atoms with E-state index in [4.69, 9.17) is 0 Å². The van der Waals surface area contributed by atoms with Crippen LogP contribution in [0.5, 0.6) is 0 Å². The van der Waals surface area contributed by atoms with Gasteiger partial charge < -0.3 is 10.4 Å². The summed E-state index contributed by atoms with van der Waals surface area (Å²) in [6.45, 7) is 1.29. The zero-order valence-corrected chi connectivity index (χ0v) is 12.0. The zero-order valence-electron chi connectivity index (χ0n) is 12.0. The fourth-order valence-electron chi connectivity index (χ4n) is 5.35. The number of nitrogens with one attached hydrogen (secondary N) is 1. The van der Waals surface area contributed by atoms with E-state index in [1.807, 2.05) is 16.9 Å². The average molecular weight is 275 g/mol. The number of hydrogen-bond acceptors (Lipinski definition) is 3. The third-order valence-corrected chi connectivity index (χ3v) is 5.71. The normalized spacial score (nSPS) is 40.1. The highest BCUT2D eigenvalue weighted by molar-refractivity contribution is 5.06. The molecule has 0 aliphatic heterocycles. The first-order valence-corrected chi connectivity index (χ1v) is 8.11. The zero-order chi connectivity index (χ0) is 13.6. The van der Waals surface area contributed by atoms with Crippen LogP contribution in [0.15, 0.2) is 18.5 Å². The fraction of sp³-hybridized carbons (Fsp3) is 0.812. The quantitative estimate of drug-likeness (QED) is 0.861. The molecule has 1 atom stereocenters. The van der Waals surface area contributed by atoms with E-state index in [1.165, 1.54) is 38.5 Å². The van der Waals surface area contributed by atoms with E-state index < -0.39 is 0 Å². The molecule has 1 aromatic rings. The van der Waals surface area contributed by atoms with Gasteiger partial charge in [0.2, 0.25) is 0 Å². The van der Waals surface area contributed by atoms with Crippen molar-refractivity contribution in [3.63, 3.8) is 0 Å². The van der Waals surface area contributed by atoms with Gasteiger partial charge in [-0.1, -0.05) is 0 Å². The van der Waals surface area contributed by atoms with Crippen LogP contribution in [0, 0.1) is 17.8 Å². The van der Waals surface area contributed by atoms with Crippen molar-refractivity contribution >= 4 is 0 Å². The van der Waals surface area contributed by atoms with Crippen LogP contribution in [0.2, 0.25) is 0 Å². The Morgan fingerprint density at radius 1 is 1.20 bits per heavy atom. The molecule has 1 unspecified atom stereocenters. The highest BCUT2D eigenvalue weighted by Gasteiger charge is 2.50. The number of rotatable bonds is 5. The molecule has 0 aromatic carbocycles. The molecule has 4 aliphatic carbocycles. The standard InChI is InChI=1S/C16H25N3O/c20-15(11-19-3-1-2-18-19)10-17-16-7-12-4-13(8-16)6-14(5-12)9-16/h1-3,12-15,17,20H,4-11H2. The third-order valence-electron chi connectivity index (χ3n) is 5.71. The van der Waals surface area contributed by atoms with E-state index in [-0.39, 0.29) is 6.10 Å². The topological polar surface area (TPSA) is 50.1 Å². The maximum Gasteiger partial charge on any atom is 0.0860 e. The molecule has 1 heterocycles. The van der Waals surface area contributed by atoms with Crippen molar-refractivity contribution in [2.24, 2.45) is 17.8 Å². The summed E-state index contributed by atoms with van der Waals surface area (Å²) in [5.74, 6) is 2.87. The Morgan fingerprint density at radius 3 is 2.40 bits per heavy atom. The molecule has 0 radical (unpaired) electrons. The van der Waals surface area contributed by atoms with E-state index in [0.717, 1.165) is 17.8 Å². The first kappa shape index (κ1) is 12.8. The van der Waals surface area contributed by atoms with Crippen LogP contribution in [0.1, 0.15) is 38.5 Å². The van der Waals surface area contributed by atoms with Crippen molar-refractivity contribution < 1.29 is 5.11 Å². The highest BCUT2D eigenvalue weighted by Crippen LogP contribution is 2.55. The van der Waals surface area contributed by atoms with Gasteiger partial charge in [-0.25, -0.2) is 0 Å². The van der Waals surface area contributed by atoms with E-state index in [1.54, 1.807) is 6.20 Å². The Hall–Kier alpha value is -0.870. The van der Waals surface area contributed by atoms with Gasteiger partial charge in [-0.05, 0) is 62.3 Å². The van der Waals surface area contributed by atoms with Crippen LogP contribution < -0.4 is 5.32 Å². The van der Waals surface area contributed by atoms with Gasteiger partial charge in [-0.15, -0.1) is 0 Å². The summed E-state index contributed by atoms with van der Waals surface area (Å²) in [5, 5.41) is 18.1. The molecule has 0 amide bonds. The lowest BCUT2D eigenvalue weighted by Gasteiger charge is -2.57. The summed E-state index contributed by atoms with van der Waals surface area (Å²) in [6.07, 6.45) is 11.8. The Bertz CT molecular complexity index is 421. The van der Waals surface area contributed by atoms with Crippen molar-refractivity contribution in [1.82, 2.24) is 15.1 Å². The molecular weight excluding hydrogens is 250 g/mol. The molecule has 110 valence electrons. The number of nitrogens with zero attached hydrogens (tertiary/aromatic N) is 2. The van der Waals surface area contributed by atoms with Crippen molar-refractivity contribution in [3.05, 3.63) is 18.5 Å². The summed E-state index contributed by atoms with van der Waals surface area (Å²) >= 11 is 0. The van der Waals surface area contributed by atoms with Gasteiger partial charge in [-0.2, -0.15) is 5.10 Å². The second-order valence-electron chi connectivity index (χ2n) is 7.46. The van der Waals surface area contributed by atoms with Crippen LogP contribution in [0.3, 0.4) is 0 Å². The van der Waals surface area contributed by atoms with Gasteiger partial charge in [0.05, 0.1) is 12.6 Å². The van der Waals surface area contributed by atoms with Crippen LogP contribution in [-0.4, -0.2) is 33.1 Å². The fourth-order valence-corrected chi connectivity index (χ4v) is 5.35. The van der Waals surface area contributed by atoms with Gasteiger partial charge in [0.25, 0.3) is 0 Å². The Labute approximate surface area is 120 Å². The third kappa shape index (κ3) is 2.40. The number of β-amino-alcohol motifs (C(OH)–C–C–N with tert-alkyl or cyclic N) is 1. The van der Waals surface area contributed by atoms with Crippen LogP contribution in [0.4, 0.5) is 0 Å². The second-order valence-corrected chi connectivity index (χ2v) is 7.46. The predicted molar refractivity (Wildman–Crippen MR) is 77.1 cm³/mol. The van der Waals surface area contributed by atoms with Gasteiger partial charge in [0.1, 0.15) is 0 Å². The minimum absolute atomic E-state index is 0.345. The van der Waals surface area contributed by atoms with E-state index in [0.29, 0.717) is 18.6 Å². The molecule has 4 heteroatoms. The van der Waals surface area contributed by atoms with Crippen LogP contribution in [0.25, 0.3) is 0 Å². The van der Waals surface area contributed by atoms with Crippen LogP contribution in [-0.2, 0) is 6.54 Å².